The van der Waals surface area contributed by atoms with E-state index in [1.165, 1.54) is 0 Å². The van der Waals surface area contributed by atoms with Crippen molar-refractivity contribution in [2.24, 2.45) is 0 Å². The summed E-state index contributed by atoms with van der Waals surface area (Å²) < 4.78 is 0. The third kappa shape index (κ3) is 3.95. The van der Waals surface area contributed by atoms with Crippen molar-refractivity contribution < 1.29 is 14.7 Å². The van der Waals surface area contributed by atoms with E-state index in [-0.39, 0.29) is 0 Å². The number of pyridine rings is 1. The van der Waals surface area contributed by atoms with Crippen LogP contribution in [-0.4, -0.2) is 28.6 Å². The predicted octanol–water partition coefficient (Wildman–Crippen LogP) is 0.274. The molecule has 0 saturated heterocycles. The number of aromatic nitrogens is 1. The smallest absolute Gasteiger partial charge is 0.323 e. The number of amides is 2. The van der Waals surface area contributed by atoms with Gasteiger partial charge < -0.3 is 15.7 Å². The van der Waals surface area contributed by atoms with E-state index in [4.69, 9.17) is 5.11 Å². The fourth-order valence-electron chi connectivity index (χ4n) is 1.08. The minimum atomic E-state index is -1.08. The molecule has 0 aliphatic heterocycles. The zero-order valence-corrected chi connectivity index (χ0v) is 8.86. The molecular formula is C10H13N3O3. The van der Waals surface area contributed by atoms with Crippen LogP contribution in [0.1, 0.15) is 11.1 Å². The van der Waals surface area contributed by atoms with Crippen LogP contribution in [0.15, 0.2) is 18.5 Å². The minimum Gasteiger partial charge on any atom is -0.480 e. The molecule has 0 aromatic carbocycles. The second-order valence-electron chi connectivity index (χ2n) is 3.23. The summed E-state index contributed by atoms with van der Waals surface area (Å²) in [6.07, 6.45) is 3.33. The van der Waals surface area contributed by atoms with E-state index < -0.39 is 18.5 Å². The van der Waals surface area contributed by atoms with Gasteiger partial charge in [-0.1, -0.05) is 0 Å². The van der Waals surface area contributed by atoms with Crippen LogP contribution in [-0.2, 0) is 11.3 Å². The number of carbonyl (C=O) groups is 2. The van der Waals surface area contributed by atoms with Gasteiger partial charge in [0.05, 0.1) is 0 Å². The van der Waals surface area contributed by atoms with Gasteiger partial charge in [-0.15, -0.1) is 0 Å². The highest BCUT2D eigenvalue weighted by Gasteiger charge is 2.03. The number of nitrogens with zero attached hydrogens (tertiary/aromatic N) is 1. The first-order valence-electron chi connectivity index (χ1n) is 4.72. The van der Waals surface area contributed by atoms with Crippen LogP contribution in [0.3, 0.4) is 0 Å². The summed E-state index contributed by atoms with van der Waals surface area (Å²) in [5.74, 6) is -1.08. The summed E-state index contributed by atoms with van der Waals surface area (Å²) >= 11 is 0. The molecule has 1 aromatic heterocycles. The van der Waals surface area contributed by atoms with Gasteiger partial charge in [0.25, 0.3) is 0 Å². The first-order chi connectivity index (χ1) is 7.59. The van der Waals surface area contributed by atoms with Gasteiger partial charge in [0.2, 0.25) is 0 Å². The van der Waals surface area contributed by atoms with Crippen LogP contribution < -0.4 is 10.6 Å². The number of nitrogens with one attached hydrogen (secondary N) is 2. The molecule has 16 heavy (non-hydrogen) atoms. The molecule has 0 atom stereocenters. The van der Waals surface area contributed by atoms with E-state index >= 15 is 0 Å². The third-order valence-electron chi connectivity index (χ3n) is 1.99. The van der Waals surface area contributed by atoms with Crippen molar-refractivity contribution in [1.29, 1.82) is 0 Å². The number of rotatable bonds is 4. The Morgan fingerprint density at radius 1 is 1.44 bits per heavy atom. The van der Waals surface area contributed by atoms with Gasteiger partial charge in [0.15, 0.2) is 0 Å². The van der Waals surface area contributed by atoms with Crippen molar-refractivity contribution in [2.45, 2.75) is 13.5 Å². The van der Waals surface area contributed by atoms with Crippen molar-refractivity contribution in [3.05, 3.63) is 29.6 Å². The first kappa shape index (κ1) is 12.0. The molecule has 0 bridgehead atoms. The number of carboxylic acids is 1. The summed E-state index contributed by atoms with van der Waals surface area (Å²) in [4.78, 5) is 25.2. The predicted molar refractivity (Wildman–Crippen MR) is 56.8 cm³/mol. The Balaban J connectivity index is 2.37. The van der Waals surface area contributed by atoms with E-state index in [0.29, 0.717) is 6.54 Å². The van der Waals surface area contributed by atoms with Gasteiger partial charge in [-0.3, -0.25) is 9.78 Å². The number of hydrogen-bond acceptors (Lipinski definition) is 3. The molecule has 1 heterocycles. The maximum absolute atomic E-state index is 11.1. The lowest BCUT2D eigenvalue weighted by atomic mass is 10.2. The van der Waals surface area contributed by atoms with E-state index in [2.05, 4.69) is 15.6 Å². The maximum Gasteiger partial charge on any atom is 0.323 e. The molecule has 6 heteroatoms. The summed E-state index contributed by atoms with van der Waals surface area (Å²) in [5, 5.41) is 13.1. The van der Waals surface area contributed by atoms with Crippen molar-refractivity contribution in [3.8, 4) is 0 Å². The van der Waals surface area contributed by atoms with Crippen LogP contribution in [0.4, 0.5) is 4.79 Å². The van der Waals surface area contributed by atoms with Crippen molar-refractivity contribution in [3.63, 3.8) is 0 Å². The van der Waals surface area contributed by atoms with Crippen molar-refractivity contribution in [2.75, 3.05) is 6.54 Å². The molecule has 0 radical (unpaired) electrons. The van der Waals surface area contributed by atoms with Crippen LogP contribution in [0.2, 0.25) is 0 Å². The number of aliphatic carboxylic acids is 1. The molecule has 2 amide bonds. The van der Waals surface area contributed by atoms with E-state index in [1.807, 2.05) is 13.0 Å². The average molecular weight is 223 g/mol. The topological polar surface area (TPSA) is 91.3 Å². The molecule has 0 saturated carbocycles. The molecule has 0 unspecified atom stereocenters. The minimum absolute atomic E-state index is 0.325. The fourth-order valence-corrected chi connectivity index (χ4v) is 1.08. The standard InChI is InChI=1S/C10H13N3O3/c1-7-2-3-11-4-8(7)5-12-10(16)13-6-9(14)15/h2-4H,5-6H2,1H3,(H,14,15)(H2,12,13,16). The van der Waals surface area contributed by atoms with Gasteiger partial charge >= 0.3 is 12.0 Å². The quantitative estimate of drug-likeness (QED) is 0.683. The lowest BCUT2D eigenvalue weighted by Crippen LogP contribution is -2.38. The highest BCUT2D eigenvalue weighted by molar-refractivity contribution is 5.79. The second kappa shape index (κ2) is 5.69. The summed E-state index contributed by atoms with van der Waals surface area (Å²) in [6, 6.07) is 1.33. The molecular weight excluding hydrogens is 210 g/mol. The van der Waals surface area contributed by atoms with Gasteiger partial charge in [0.1, 0.15) is 6.54 Å². The Kier molecular flexibility index (Phi) is 4.26. The second-order valence-corrected chi connectivity index (χ2v) is 3.23. The first-order valence-corrected chi connectivity index (χ1v) is 4.72. The van der Waals surface area contributed by atoms with Gasteiger partial charge in [-0.2, -0.15) is 0 Å². The summed E-state index contributed by atoms with van der Waals surface area (Å²) in [5.41, 5.74) is 1.92. The number of hydrogen-bond donors (Lipinski definition) is 3. The summed E-state index contributed by atoms with van der Waals surface area (Å²) in [7, 11) is 0. The Bertz CT molecular complexity index is 393. The highest BCUT2D eigenvalue weighted by atomic mass is 16.4. The number of carbonyl (C=O) groups excluding carboxylic acids is 1. The average Bonchev–Trinajstić information content (AvgIpc) is 2.25. The maximum atomic E-state index is 11.1. The molecule has 6 nitrogen and oxygen atoms in total. The number of urea groups is 1. The monoisotopic (exact) mass is 223 g/mol. The zero-order chi connectivity index (χ0) is 12.0. The van der Waals surface area contributed by atoms with Crippen LogP contribution >= 0.6 is 0 Å². The fraction of sp³-hybridized carbons (Fsp3) is 0.300. The normalized spacial score (nSPS) is 9.56. The Labute approximate surface area is 92.7 Å². The van der Waals surface area contributed by atoms with Crippen LogP contribution in [0, 0.1) is 6.92 Å². The highest BCUT2D eigenvalue weighted by Crippen LogP contribution is 2.03. The number of carboxylic acid groups (broad SMARTS) is 1. The Hall–Kier alpha value is -2.11. The Morgan fingerprint density at radius 3 is 2.81 bits per heavy atom. The lowest BCUT2D eigenvalue weighted by molar-refractivity contribution is -0.135. The molecule has 0 spiro atoms. The molecule has 0 fully saturated rings. The molecule has 3 N–H and O–H groups in total. The SMILES string of the molecule is Cc1ccncc1CNC(=O)NCC(=O)O. The van der Waals surface area contributed by atoms with E-state index in [9.17, 15) is 9.59 Å². The van der Waals surface area contributed by atoms with Gasteiger partial charge in [0, 0.05) is 18.9 Å². The van der Waals surface area contributed by atoms with Gasteiger partial charge in [-0.05, 0) is 24.1 Å². The van der Waals surface area contributed by atoms with Crippen LogP contribution in [0.25, 0.3) is 0 Å². The molecule has 0 aliphatic carbocycles. The van der Waals surface area contributed by atoms with Gasteiger partial charge in [-0.25, -0.2) is 4.79 Å². The third-order valence-corrected chi connectivity index (χ3v) is 1.99. The number of aryl methyl sites for hydroxylation is 1. The zero-order valence-electron chi connectivity index (χ0n) is 8.86. The van der Waals surface area contributed by atoms with Crippen molar-refractivity contribution in [1.82, 2.24) is 15.6 Å². The summed E-state index contributed by atoms with van der Waals surface area (Å²) in [6.45, 7) is 1.84. The molecule has 86 valence electrons. The van der Waals surface area contributed by atoms with E-state index in [0.717, 1.165) is 11.1 Å². The molecule has 0 aliphatic rings. The molecule has 1 aromatic rings. The van der Waals surface area contributed by atoms with E-state index in [1.54, 1.807) is 12.4 Å². The molecule has 1 rings (SSSR count). The van der Waals surface area contributed by atoms with Crippen LogP contribution in [0.5, 0.6) is 0 Å². The van der Waals surface area contributed by atoms with Crippen molar-refractivity contribution >= 4 is 12.0 Å². The Morgan fingerprint density at radius 2 is 2.19 bits per heavy atom. The largest absolute Gasteiger partial charge is 0.480 e. The lowest BCUT2D eigenvalue weighted by Gasteiger charge is -2.07.